The second-order valence-corrected chi connectivity index (χ2v) is 5.62. The highest BCUT2D eigenvalue weighted by Crippen LogP contribution is 2.31. The van der Waals surface area contributed by atoms with Gasteiger partial charge in [-0.2, -0.15) is 0 Å². The Morgan fingerprint density at radius 1 is 1.33 bits per heavy atom. The second-order valence-electron chi connectivity index (χ2n) is 3.73. The van der Waals surface area contributed by atoms with E-state index >= 15 is 0 Å². The van der Waals surface area contributed by atoms with E-state index in [2.05, 4.69) is 9.97 Å². The molecule has 1 aromatic carbocycles. The maximum atomic E-state index is 11.2. The summed E-state index contributed by atoms with van der Waals surface area (Å²) in [4.78, 5) is 30.4. The summed E-state index contributed by atoms with van der Waals surface area (Å²) < 4.78 is 0. The molecule has 0 spiro atoms. The molecule has 1 aromatic heterocycles. The van der Waals surface area contributed by atoms with Crippen LogP contribution in [0, 0.1) is 10.1 Å². The number of nitro benzene ring substituents is 1. The van der Waals surface area contributed by atoms with Gasteiger partial charge in [-0.3, -0.25) is 10.1 Å². The van der Waals surface area contributed by atoms with Crippen molar-refractivity contribution in [3.05, 3.63) is 46.3 Å². The molecule has 0 saturated heterocycles. The molecule has 0 fully saturated rings. The van der Waals surface area contributed by atoms with Crippen molar-refractivity contribution in [2.24, 2.45) is 0 Å². The Bertz CT molecular complexity index is 691. The number of hydrogen-bond donors (Lipinski definition) is 1. The average Bonchev–Trinajstić information content (AvgIpc) is 2.48. The van der Waals surface area contributed by atoms with Gasteiger partial charge < -0.3 is 5.11 Å². The van der Waals surface area contributed by atoms with E-state index in [1.54, 1.807) is 18.4 Å². The van der Waals surface area contributed by atoms with Crippen molar-refractivity contribution in [3.63, 3.8) is 0 Å². The van der Waals surface area contributed by atoms with Crippen molar-refractivity contribution >= 4 is 35.2 Å². The molecule has 2 rings (SSSR count). The summed E-state index contributed by atoms with van der Waals surface area (Å²) in [6, 6.07) is 5.83. The predicted octanol–water partition coefficient (Wildman–Crippen LogP) is 2.96. The van der Waals surface area contributed by atoms with E-state index in [1.165, 1.54) is 30.1 Å². The minimum atomic E-state index is -1.14. The molecule has 1 N–H and O–H groups in total. The molecular formula is C12H9N3O4S2. The first-order valence-corrected chi connectivity index (χ1v) is 7.62. The number of thioether (sulfide) groups is 1. The van der Waals surface area contributed by atoms with E-state index in [-0.39, 0.29) is 11.4 Å². The number of aromatic carboxylic acids is 1. The molecule has 9 heteroatoms. The minimum absolute atomic E-state index is 0.0215. The zero-order valence-electron chi connectivity index (χ0n) is 10.7. The van der Waals surface area contributed by atoms with Crippen molar-refractivity contribution < 1.29 is 14.8 Å². The Hall–Kier alpha value is -2.13. The molecule has 1 heterocycles. The molecule has 0 amide bonds. The maximum Gasteiger partial charge on any atom is 0.355 e. The van der Waals surface area contributed by atoms with Crippen LogP contribution in [0.4, 0.5) is 5.69 Å². The van der Waals surface area contributed by atoms with Crippen LogP contribution in [0.15, 0.2) is 45.4 Å². The Morgan fingerprint density at radius 2 is 2.00 bits per heavy atom. The van der Waals surface area contributed by atoms with Gasteiger partial charge in [0.25, 0.3) is 5.69 Å². The standard InChI is InChI=1S/C12H9N3O4S2/c1-20-12-13-6-9(10(14-12)11(16)17)21-8-4-2-7(3-5-8)15(18)19/h2-6H,1H3,(H,16,17). The molecular weight excluding hydrogens is 314 g/mol. The lowest BCUT2D eigenvalue weighted by molar-refractivity contribution is -0.384. The van der Waals surface area contributed by atoms with E-state index in [4.69, 9.17) is 0 Å². The highest BCUT2D eigenvalue weighted by atomic mass is 32.2. The third kappa shape index (κ3) is 3.70. The van der Waals surface area contributed by atoms with Crippen LogP contribution >= 0.6 is 23.5 Å². The molecule has 0 aliphatic heterocycles. The van der Waals surface area contributed by atoms with E-state index in [0.717, 1.165) is 11.8 Å². The number of rotatable bonds is 5. The number of non-ortho nitro benzene ring substituents is 1. The fourth-order valence-electron chi connectivity index (χ4n) is 1.44. The highest BCUT2D eigenvalue weighted by molar-refractivity contribution is 7.99. The van der Waals surface area contributed by atoms with E-state index in [9.17, 15) is 20.0 Å². The van der Waals surface area contributed by atoms with Crippen LogP contribution in [-0.2, 0) is 0 Å². The zero-order valence-corrected chi connectivity index (χ0v) is 12.3. The van der Waals surface area contributed by atoms with Gasteiger partial charge in [0, 0.05) is 23.2 Å². The quantitative estimate of drug-likeness (QED) is 0.387. The third-order valence-electron chi connectivity index (χ3n) is 2.39. The van der Waals surface area contributed by atoms with Crippen LogP contribution in [0.3, 0.4) is 0 Å². The first-order valence-electron chi connectivity index (χ1n) is 5.58. The maximum absolute atomic E-state index is 11.2. The van der Waals surface area contributed by atoms with E-state index < -0.39 is 10.9 Å². The Balaban J connectivity index is 2.30. The average molecular weight is 323 g/mol. The Kier molecular flexibility index (Phi) is 4.76. The smallest absolute Gasteiger partial charge is 0.355 e. The van der Waals surface area contributed by atoms with Crippen LogP contribution in [0.2, 0.25) is 0 Å². The first-order chi connectivity index (χ1) is 10.0. The summed E-state index contributed by atoms with van der Waals surface area (Å²) in [5.74, 6) is -1.14. The van der Waals surface area contributed by atoms with Gasteiger partial charge in [0.15, 0.2) is 10.9 Å². The van der Waals surface area contributed by atoms with Gasteiger partial charge >= 0.3 is 5.97 Å². The largest absolute Gasteiger partial charge is 0.476 e. The van der Waals surface area contributed by atoms with Gasteiger partial charge in [0.2, 0.25) is 0 Å². The normalized spacial score (nSPS) is 10.3. The lowest BCUT2D eigenvalue weighted by Crippen LogP contribution is -2.04. The first kappa shape index (κ1) is 15.3. The van der Waals surface area contributed by atoms with Crippen LogP contribution in [0.5, 0.6) is 0 Å². The van der Waals surface area contributed by atoms with Crippen LogP contribution < -0.4 is 0 Å². The molecule has 21 heavy (non-hydrogen) atoms. The van der Waals surface area contributed by atoms with Crippen molar-refractivity contribution in [1.29, 1.82) is 0 Å². The monoisotopic (exact) mass is 323 g/mol. The molecule has 0 aliphatic rings. The van der Waals surface area contributed by atoms with Crippen molar-refractivity contribution in [2.45, 2.75) is 14.9 Å². The number of nitro groups is 1. The molecule has 0 unspecified atom stereocenters. The zero-order chi connectivity index (χ0) is 15.4. The molecule has 108 valence electrons. The van der Waals surface area contributed by atoms with Crippen LogP contribution in [0.25, 0.3) is 0 Å². The Morgan fingerprint density at radius 3 is 2.52 bits per heavy atom. The van der Waals surface area contributed by atoms with Gasteiger partial charge in [0.05, 0.1) is 9.82 Å². The molecule has 0 bridgehead atoms. The van der Waals surface area contributed by atoms with E-state index in [0.29, 0.717) is 14.9 Å². The molecule has 0 radical (unpaired) electrons. The molecule has 2 aromatic rings. The topological polar surface area (TPSA) is 106 Å². The number of carbonyl (C=O) groups is 1. The van der Waals surface area contributed by atoms with Crippen molar-refractivity contribution in [2.75, 3.05) is 6.26 Å². The van der Waals surface area contributed by atoms with Crippen molar-refractivity contribution in [3.8, 4) is 0 Å². The number of carboxylic acid groups (broad SMARTS) is 1. The Labute approximate surface area is 128 Å². The number of benzene rings is 1. The predicted molar refractivity (Wildman–Crippen MR) is 78.0 cm³/mol. The molecule has 7 nitrogen and oxygen atoms in total. The molecule has 0 saturated carbocycles. The van der Waals surface area contributed by atoms with Gasteiger partial charge in [-0.05, 0) is 18.4 Å². The second kappa shape index (κ2) is 6.55. The van der Waals surface area contributed by atoms with Gasteiger partial charge in [-0.15, -0.1) is 0 Å². The fourth-order valence-corrected chi connectivity index (χ4v) is 2.65. The number of aromatic nitrogens is 2. The SMILES string of the molecule is CSc1ncc(Sc2ccc([N+](=O)[O-])cc2)c(C(=O)O)n1. The van der Waals surface area contributed by atoms with Gasteiger partial charge in [-0.25, -0.2) is 14.8 Å². The lowest BCUT2D eigenvalue weighted by atomic mass is 10.3. The fraction of sp³-hybridized carbons (Fsp3) is 0.0833. The number of carboxylic acids is 1. The van der Waals surface area contributed by atoms with E-state index in [1.807, 2.05) is 0 Å². The van der Waals surface area contributed by atoms with Crippen LogP contribution in [0.1, 0.15) is 10.5 Å². The molecule has 0 aliphatic carbocycles. The summed E-state index contributed by atoms with van der Waals surface area (Å²) in [5.41, 5.74) is -0.107. The minimum Gasteiger partial charge on any atom is -0.476 e. The molecule has 0 atom stereocenters. The summed E-state index contributed by atoms with van der Waals surface area (Å²) in [6.45, 7) is 0. The summed E-state index contributed by atoms with van der Waals surface area (Å²) in [5, 5.41) is 20.1. The van der Waals surface area contributed by atoms with Crippen molar-refractivity contribution in [1.82, 2.24) is 9.97 Å². The summed E-state index contributed by atoms with van der Waals surface area (Å²) >= 11 is 2.40. The number of nitrogens with zero attached hydrogens (tertiary/aromatic N) is 3. The van der Waals surface area contributed by atoms with Gasteiger partial charge in [-0.1, -0.05) is 23.5 Å². The number of hydrogen-bond acceptors (Lipinski definition) is 7. The summed E-state index contributed by atoms with van der Waals surface area (Å²) in [7, 11) is 0. The summed E-state index contributed by atoms with van der Waals surface area (Å²) in [6.07, 6.45) is 3.19. The third-order valence-corrected chi connectivity index (χ3v) is 3.98. The van der Waals surface area contributed by atoms with Gasteiger partial charge in [0.1, 0.15) is 0 Å². The van der Waals surface area contributed by atoms with Crippen LogP contribution in [-0.4, -0.2) is 32.2 Å². The lowest BCUT2D eigenvalue weighted by Gasteiger charge is -2.05. The highest BCUT2D eigenvalue weighted by Gasteiger charge is 2.15.